The highest BCUT2D eigenvalue weighted by atomic mass is 32.2. The first kappa shape index (κ1) is 25.6. The van der Waals surface area contributed by atoms with E-state index in [4.69, 9.17) is 13.7 Å². The molecule has 9 heteroatoms. The van der Waals surface area contributed by atoms with E-state index in [2.05, 4.69) is 0 Å². The van der Waals surface area contributed by atoms with Crippen molar-refractivity contribution < 1.29 is 35.2 Å². The predicted octanol–water partition coefficient (Wildman–Crippen LogP) is 7.14. The van der Waals surface area contributed by atoms with Gasteiger partial charge in [0.1, 0.15) is 11.5 Å². The fraction of sp³-hybridized carbons (Fsp3) is 0.259. The lowest BCUT2D eigenvalue weighted by Gasteiger charge is -2.22. The van der Waals surface area contributed by atoms with Crippen LogP contribution in [0.5, 0.6) is 17.2 Å². The molecule has 0 bridgehead atoms. The summed E-state index contributed by atoms with van der Waals surface area (Å²) in [6.45, 7) is 7.32. The molecular weight excluding hydrogens is 493 g/mol. The van der Waals surface area contributed by atoms with Crippen LogP contribution >= 0.6 is 0 Å². The molecule has 0 saturated carbocycles. The van der Waals surface area contributed by atoms with Gasteiger partial charge in [-0.15, -0.1) is 0 Å². The fourth-order valence-electron chi connectivity index (χ4n) is 4.53. The van der Waals surface area contributed by atoms with Gasteiger partial charge in [0.05, 0.1) is 14.2 Å². The molecule has 0 spiro atoms. The molecule has 4 aromatic rings. The molecule has 0 aliphatic heterocycles. The summed E-state index contributed by atoms with van der Waals surface area (Å²) in [7, 11) is -2.99. The molecular formula is C27H25F3O5S. The van der Waals surface area contributed by atoms with Gasteiger partial charge < -0.3 is 13.7 Å². The third kappa shape index (κ3) is 4.21. The van der Waals surface area contributed by atoms with E-state index in [0.717, 1.165) is 21.9 Å². The summed E-state index contributed by atoms with van der Waals surface area (Å²) < 4.78 is 80.3. The van der Waals surface area contributed by atoms with Gasteiger partial charge in [0.2, 0.25) is 0 Å². The van der Waals surface area contributed by atoms with Crippen molar-refractivity contribution in [2.45, 2.75) is 33.2 Å². The first-order valence-electron chi connectivity index (χ1n) is 11.0. The molecule has 0 unspecified atom stereocenters. The number of fused-ring (bicyclic) bond motifs is 2. The van der Waals surface area contributed by atoms with Crippen molar-refractivity contribution in [2.75, 3.05) is 14.2 Å². The van der Waals surface area contributed by atoms with Gasteiger partial charge in [-0.1, -0.05) is 29.8 Å². The molecule has 0 fully saturated rings. The second-order valence-corrected chi connectivity index (χ2v) is 10.3. The van der Waals surface area contributed by atoms with Crippen LogP contribution in [0, 0.1) is 27.7 Å². The molecule has 0 aliphatic carbocycles. The van der Waals surface area contributed by atoms with Gasteiger partial charge in [-0.2, -0.15) is 21.6 Å². The van der Waals surface area contributed by atoms with Gasteiger partial charge in [-0.3, -0.25) is 0 Å². The normalized spacial score (nSPS) is 12.2. The zero-order valence-corrected chi connectivity index (χ0v) is 21.4. The Balaban J connectivity index is 2.25. The van der Waals surface area contributed by atoms with E-state index in [1.807, 2.05) is 38.1 Å². The SMILES string of the molecule is COc1cc(C)c2cc(C)ccc2c1-c1c(OC)cc(C)c2cc(C)cc(OS(=O)(=O)C(F)(F)F)c12. The Kier molecular flexibility index (Phi) is 6.33. The van der Waals surface area contributed by atoms with Crippen molar-refractivity contribution in [3.63, 3.8) is 0 Å². The highest BCUT2D eigenvalue weighted by Gasteiger charge is 2.49. The van der Waals surface area contributed by atoms with E-state index >= 15 is 0 Å². The molecule has 4 aromatic carbocycles. The molecule has 4 rings (SSSR count). The van der Waals surface area contributed by atoms with E-state index in [1.54, 1.807) is 26.0 Å². The second-order valence-electron chi connectivity index (χ2n) is 8.76. The van der Waals surface area contributed by atoms with Crippen molar-refractivity contribution in [2.24, 2.45) is 0 Å². The predicted molar refractivity (Wildman–Crippen MR) is 135 cm³/mol. The van der Waals surface area contributed by atoms with Crippen LogP contribution in [0.2, 0.25) is 0 Å². The number of methoxy groups -OCH3 is 2. The number of aryl methyl sites for hydroxylation is 4. The maximum absolute atomic E-state index is 13.3. The van der Waals surface area contributed by atoms with E-state index in [9.17, 15) is 21.6 Å². The number of ether oxygens (including phenoxy) is 2. The van der Waals surface area contributed by atoms with Crippen LogP contribution in [0.4, 0.5) is 13.2 Å². The molecule has 0 aromatic heterocycles. The van der Waals surface area contributed by atoms with Crippen LogP contribution in [0.1, 0.15) is 22.3 Å². The van der Waals surface area contributed by atoms with Gasteiger partial charge in [-0.25, -0.2) is 0 Å². The Morgan fingerprint density at radius 2 is 1.22 bits per heavy atom. The Hall–Kier alpha value is -3.46. The summed E-state index contributed by atoms with van der Waals surface area (Å²) in [6, 6.07) is 12.5. The minimum atomic E-state index is -5.93. The molecule has 0 N–H and O–H groups in total. The molecule has 0 radical (unpaired) electrons. The first-order valence-corrected chi connectivity index (χ1v) is 12.4. The van der Waals surface area contributed by atoms with Crippen LogP contribution < -0.4 is 13.7 Å². The monoisotopic (exact) mass is 518 g/mol. The van der Waals surface area contributed by atoms with Gasteiger partial charge in [0, 0.05) is 16.5 Å². The minimum absolute atomic E-state index is 0.175. The first-order chi connectivity index (χ1) is 16.8. The minimum Gasteiger partial charge on any atom is -0.496 e. The van der Waals surface area contributed by atoms with Gasteiger partial charge in [0.25, 0.3) is 0 Å². The molecule has 0 atom stereocenters. The number of alkyl halides is 3. The van der Waals surface area contributed by atoms with Crippen LogP contribution in [-0.4, -0.2) is 28.1 Å². The quantitative estimate of drug-likeness (QED) is 0.208. The molecule has 0 amide bonds. The van der Waals surface area contributed by atoms with Crippen molar-refractivity contribution in [1.29, 1.82) is 0 Å². The van der Waals surface area contributed by atoms with E-state index < -0.39 is 21.4 Å². The average molecular weight is 519 g/mol. The van der Waals surface area contributed by atoms with Crippen molar-refractivity contribution in [3.8, 4) is 28.4 Å². The second kappa shape index (κ2) is 8.89. The highest BCUT2D eigenvalue weighted by molar-refractivity contribution is 7.88. The van der Waals surface area contributed by atoms with Gasteiger partial charge in [-0.05, 0) is 78.7 Å². The zero-order valence-electron chi connectivity index (χ0n) is 20.6. The summed E-state index contributed by atoms with van der Waals surface area (Å²) in [6.07, 6.45) is 0. The summed E-state index contributed by atoms with van der Waals surface area (Å²) in [4.78, 5) is 0. The zero-order chi connectivity index (χ0) is 26.6. The lowest BCUT2D eigenvalue weighted by Crippen LogP contribution is -2.28. The van der Waals surface area contributed by atoms with E-state index in [1.165, 1.54) is 20.3 Å². The van der Waals surface area contributed by atoms with Gasteiger partial charge in [0.15, 0.2) is 5.75 Å². The summed E-state index contributed by atoms with van der Waals surface area (Å²) in [5.74, 6) is 0.349. The number of hydrogen-bond donors (Lipinski definition) is 0. The summed E-state index contributed by atoms with van der Waals surface area (Å²) >= 11 is 0. The molecule has 0 saturated heterocycles. The largest absolute Gasteiger partial charge is 0.534 e. The van der Waals surface area contributed by atoms with Crippen molar-refractivity contribution in [3.05, 3.63) is 64.7 Å². The van der Waals surface area contributed by atoms with Crippen LogP contribution in [0.25, 0.3) is 32.7 Å². The summed E-state index contributed by atoms with van der Waals surface area (Å²) in [5.41, 5.74) is -1.49. The molecule has 190 valence electrons. The Bertz CT molecular complexity index is 1620. The van der Waals surface area contributed by atoms with Crippen LogP contribution in [0.15, 0.2) is 42.5 Å². The lowest BCUT2D eigenvalue weighted by atomic mass is 9.88. The molecule has 36 heavy (non-hydrogen) atoms. The van der Waals surface area contributed by atoms with Gasteiger partial charge >= 0.3 is 15.6 Å². The summed E-state index contributed by atoms with van der Waals surface area (Å²) in [5, 5.41) is 2.39. The molecule has 0 heterocycles. The van der Waals surface area contributed by atoms with Crippen LogP contribution in [0.3, 0.4) is 0 Å². The van der Waals surface area contributed by atoms with Crippen LogP contribution in [-0.2, 0) is 10.1 Å². The third-order valence-corrected chi connectivity index (χ3v) is 7.12. The highest BCUT2D eigenvalue weighted by Crippen LogP contribution is 2.50. The maximum Gasteiger partial charge on any atom is 0.534 e. The average Bonchev–Trinajstić information content (AvgIpc) is 2.78. The Morgan fingerprint density at radius 3 is 1.81 bits per heavy atom. The molecule has 5 nitrogen and oxygen atoms in total. The maximum atomic E-state index is 13.3. The number of hydrogen-bond acceptors (Lipinski definition) is 5. The number of halogens is 3. The standard InChI is InChI=1S/C27H25F3O5S/c1-14-7-8-18-19(9-14)16(3)12-21(33-5)24(18)26-22(34-6)13-17(4)20-10-15(2)11-23(25(20)26)35-36(31,32)27(28,29)30/h7-13H,1-6H3. The molecule has 0 aliphatic rings. The topological polar surface area (TPSA) is 61.8 Å². The lowest BCUT2D eigenvalue weighted by molar-refractivity contribution is -0.0499. The number of rotatable bonds is 5. The Morgan fingerprint density at radius 1 is 0.667 bits per heavy atom. The van der Waals surface area contributed by atoms with Crippen molar-refractivity contribution in [1.82, 2.24) is 0 Å². The van der Waals surface area contributed by atoms with Crippen molar-refractivity contribution >= 4 is 31.7 Å². The fourth-order valence-corrected chi connectivity index (χ4v) is 4.99. The third-order valence-electron chi connectivity index (χ3n) is 6.15. The number of benzene rings is 4. The van der Waals surface area contributed by atoms with E-state index in [-0.39, 0.29) is 5.39 Å². The Labute approximate surface area is 207 Å². The smallest absolute Gasteiger partial charge is 0.496 e. The van der Waals surface area contributed by atoms with E-state index in [0.29, 0.717) is 39.1 Å².